The van der Waals surface area contributed by atoms with Crippen molar-refractivity contribution < 1.29 is 13.2 Å². The smallest absolute Gasteiger partial charge is 0.243 e. The van der Waals surface area contributed by atoms with Crippen LogP contribution in [0.4, 0.5) is 0 Å². The van der Waals surface area contributed by atoms with Crippen molar-refractivity contribution in [2.24, 2.45) is 0 Å². The molecule has 3 aromatic carbocycles. The monoisotopic (exact) mass is 532 g/mol. The molecule has 1 N–H and O–H groups in total. The van der Waals surface area contributed by atoms with Crippen LogP contribution in [0.3, 0.4) is 0 Å². The molecule has 0 fully saturated rings. The summed E-state index contributed by atoms with van der Waals surface area (Å²) in [4.78, 5) is 14.2. The Balaban J connectivity index is 1.79. The molecule has 32 heavy (non-hydrogen) atoms. The fraction of sp³-hybridized carbons (Fsp3) is 0.208. The van der Waals surface area contributed by atoms with Crippen LogP contribution < -0.4 is 5.32 Å². The summed E-state index contributed by atoms with van der Waals surface area (Å²) in [6.45, 7) is 1.70. The van der Waals surface area contributed by atoms with Crippen molar-refractivity contribution in [3.8, 4) is 0 Å². The average molecular weight is 534 g/mol. The van der Waals surface area contributed by atoms with Crippen LogP contribution >= 0.6 is 27.7 Å². The summed E-state index contributed by atoms with van der Waals surface area (Å²) in [5, 5.41) is 2.92. The van der Waals surface area contributed by atoms with Gasteiger partial charge in [-0.2, -0.15) is 4.31 Å². The number of hydrogen-bond donors (Lipinski definition) is 1. The van der Waals surface area contributed by atoms with E-state index in [4.69, 9.17) is 0 Å². The highest BCUT2D eigenvalue weighted by Gasteiger charge is 2.27. The van der Waals surface area contributed by atoms with E-state index < -0.39 is 10.0 Å². The van der Waals surface area contributed by atoms with E-state index in [-0.39, 0.29) is 29.9 Å². The Hall–Kier alpha value is -2.13. The maximum Gasteiger partial charge on any atom is 0.243 e. The predicted octanol–water partition coefficient (Wildman–Crippen LogP) is 5.24. The zero-order valence-electron chi connectivity index (χ0n) is 17.9. The molecule has 0 radical (unpaired) electrons. The topological polar surface area (TPSA) is 66.5 Å². The van der Waals surface area contributed by atoms with Gasteiger partial charge in [0.25, 0.3) is 0 Å². The number of carbonyl (C=O) groups excluding carboxylic acids is 1. The number of benzene rings is 3. The third-order valence-electron chi connectivity index (χ3n) is 4.97. The van der Waals surface area contributed by atoms with Gasteiger partial charge in [-0.1, -0.05) is 58.4 Å². The van der Waals surface area contributed by atoms with E-state index in [1.54, 1.807) is 30.0 Å². The Bertz CT molecular complexity index is 1140. The second-order valence-corrected chi connectivity index (χ2v) is 11.0. The van der Waals surface area contributed by atoms with Gasteiger partial charge in [0.15, 0.2) is 0 Å². The summed E-state index contributed by atoms with van der Waals surface area (Å²) in [6, 6.07) is 23.3. The van der Waals surface area contributed by atoms with Crippen LogP contribution in [0.2, 0.25) is 0 Å². The van der Waals surface area contributed by atoms with E-state index in [0.717, 1.165) is 20.5 Å². The number of hydrogen-bond acceptors (Lipinski definition) is 4. The van der Waals surface area contributed by atoms with Gasteiger partial charge in [-0.05, 0) is 60.7 Å². The van der Waals surface area contributed by atoms with E-state index >= 15 is 0 Å². The zero-order valence-corrected chi connectivity index (χ0v) is 21.1. The zero-order chi connectivity index (χ0) is 23.1. The third-order valence-corrected chi connectivity index (χ3v) is 8.04. The molecule has 0 aromatic heterocycles. The van der Waals surface area contributed by atoms with Gasteiger partial charge in [0.1, 0.15) is 0 Å². The molecule has 0 saturated heterocycles. The lowest BCUT2D eigenvalue weighted by atomic mass is 10.1. The second kappa shape index (κ2) is 11.1. The number of halogens is 1. The van der Waals surface area contributed by atoms with Crippen LogP contribution in [0.5, 0.6) is 0 Å². The fourth-order valence-electron chi connectivity index (χ4n) is 3.18. The van der Waals surface area contributed by atoms with Crippen LogP contribution in [0.25, 0.3) is 0 Å². The van der Waals surface area contributed by atoms with Crippen LogP contribution in [-0.4, -0.2) is 31.4 Å². The number of thioether (sulfide) groups is 1. The molecule has 0 heterocycles. The molecule has 3 aromatic rings. The van der Waals surface area contributed by atoms with Gasteiger partial charge in [-0.15, -0.1) is 11.8 Å². The molecule has 8 heteroatoms. The number of sulfonamides is 1. The fourth-order valence-corrected chi connectivity index (χ4v) is 5.26. The van der Waals surface area contributed by atoms with Gasteiger partial charge in [-0.3, -0.25) is 4.79 Å². The SMILES string of the molecule is CSc1ccc(C(C)NC(=O)CN(Cc2ccc(Br)cc2)S(=O)(=O)c2ccccc2)cc1. The second-order valence-electron chi connectivity index (χ2n) is 7.27. The highest BCUT2D eigenvalue weighted by Crippen LogP contribution is 2.21. The van der Waals surface area contributed by atoms with Crippen LogP contribution in [0, 0.1) is 0 Å². The largest absolute Gasteiger partial charge is 0.348 e. The Morgan fingerprint density at radius 2 is 1.62 bits per heavy atom. The molecular formula is C24H25BrN2O3S2. The molecule has 1 atom stereocenters. The lowest BCUT2D eigenvalue weighted by Crippen LogP contribution is -2.41. The van der Waals surface area contributed by atoms with Gasteiger partial charge in [-0.25, -0.2) is 8.42 Å². The van der Waals surface area contributed by atoms with Gasteiger partial charge in [0, 0.05) is 15.9 Å². The van der Waals surface area contributed by atoms with Gasteiger partial charge in [0.2, 0.25) is 15.9 Å². The van der Waals surface area contributed by atoms with Crippen molar-refractivity contribution in [3.05, 3.63) is 94.5 Å². The maximum absolute atomic E-state index is 13.3. The first kappa shape index (κ1) is 24.5. The van der Waals surface area contributed by atoms with E-state index in [9.17, 15) is 13.2 Å². The first-order valence-electron chi connectivity index (χ1n) is 10.0. The molecule has 0 aliphatic heterocycles. The van der Waals surface area contributed by atoms with Gasteiger partial charge < -0.3 is 5.32 Å². The Labute approximate surface area is 202 Å². The summed E-state index contributed by atoms with van der Waals surface area (Å²) < 4.78 is 28.7. The number of amides is 1. The summed E-state index contributed by atoms with van der Waals surface area (Å²) in [7, 11) is -3.86. The van der Waals surface area contributed by atoms with Crippen molar-refractivity contribution in [2.45, 2.75) is 29.3 Å². The molecule has 5 nitrogen and oxygen atoms in total. The molecule has 0 spiro atoms. The van der Waals surface area contributed by atoms with Crippen LogP contribution in [-0.2, 0) is 21.4 Å². The first-order chi connectivity index (χ1) is 15.3. The van der Waals surface area contributed by atoms with Gasteiger partial charge in [0.05, 0.1) is 17.5 Å². The number of rotatable bonds is 9. The minimum atomic E-state index is -3.86. The highest BCUT2D eigenvalue weighted by molar-refractivity contribution is 9.10. The Morgan fingerprint density at radius 1 is 1.00 bits per heavy atom. The van der Waals surface area contributed by atoms with Crippen molar-refractivity contribution in [1.29, 1.82) is 0 Å². The molecule has 0 aliphatic rings. The van der Waals surface area contributed by atoms with E-state index in [0.29, 0.717) is 0 Å². The normalized spacial score (nSPS) is 12.5. The quantitative estimate of drug-likeness (QED) is 0.382. The molecule has 3 rings (SSSR count). The number of nitrogens with zero attached hydrogens (tertiary/aromatic N) is 1. The van der Waals surface area contributed by atoms with Crippen molar-refractivity contribution in [1.82, 2.24) is 9.62 Å². The van der Waals surface area contributed by atoms with Crippen LogP contribution in [0.1, 0.15) is 24.1 Å². The van der Waals surface area contributed by atoms with E-state index in [1.807, 2.05) is 61.7 Å². The Morgan fingerprint density at radius 3 is 2.22 bits per heavy atom. The van der Waals surface area contributed by atoms with Crippen molar-refractivity contribution in [2.75, 3.05) is 12.8 Å². The third kappa shape index (κ3) is 6.45. The summed E-state index contributed by atoms with van der Waals surface area (Å²) in [5.74, 6) is -0.358. The standard InChI is InChI=1S/C24H25BrN2O3S2/c1-18(20-10-14-22(31-2)15-11-20)26-24(28)17-27(16-19-8-12-21(25)13-9-19)32(29,30)23-6-4-3-5-7-23/h3-15,18H,16-17H2,1-2H3,(H,26,28). The molecule has 1 amide bonds. The lowest BCUT2D eigenvalue weighted by Gasteiger charge is -2.23. The van der Waals surface area contributed by atoms with Crippen molar-refractivity contribution >= 4 is 43.6 Å². The van der Waals surface area contributed by atoms with Gasteiger partial charge >= 0.3 is 0 Å². The summed E-state index contributed by atoms with van der Waals surface area (Å²) in [5.41, 5.74) is 1.75. The molecule has 168 valence electrons. The maximum atomic E-state index is 13.3. The highest BCUT2D eigenvalue weighted by atomic mass is 79.9. The molecular weight excluding hydrogens is 508 g/mol. The minimum Gasteiger partial charge on any atom is -0.348 e. The van der Waals surface area contributed by atoms with E-state index in [2.05, 4.69) is 21.2 Å². The lowest BCUT2D eigenvalue weighted by molar-refractivity contribution is -0.122. The number of carbonyl (C=O) groups is 1. The molecule has 0 saturated carbocycles. The predicted molar refractivity (Wildman–Crippen MR) is 133 cm³/mol. The summed E-state index contributed by atoms with van der Waals surface area (Å²) >= 11 is 5.04. The Kier molecular flexibility index (Phi) is 8.53. The van der Waals surface area contributed by atoms with Crippen LogP contribution in [0.15, 0.2) is 93.1 Å². The molecule has 1 unspecified atom stereocenters. The summed E-state index contributed by atoms with van der Waals surface area (Å²) in [6.07, 6.45) is 2.01. The van der Waals surface area contributed by atoms with Crippen molar-refractivity contribution in [3.63, 3.8) is 0 Å². The average Bonchev–Trinajstić information content (AvgIpc) is 2.80. The molecule has 0 aliphatic carbocycles. The first-order valence-corrected chi connectivity index (χ1v) is 13.5. The number of nitrogens with one attached hydrogen (secondary N) is 1. The molecule has 0 bridgehead atoms. The van der Waals surface area contributed by atoms with E-state index in [1.165, 1.54) is 16.4 Å². The minimum absolute atomic E-state index is 0.0920.